The minimum absolute atomic E-state index is 1.20. The van der Waals surface area contributed by atoms with Crippen LogP contribution in [0, 0.1) is 0 Å². The predicted molar refractivity (Wildman–Crippen MR) is 123 cm³/mol. The number of unbranched alkanes of at least 4 members (excludes halogenated alkanes) is 9. The second kappa shape index (κ2) is 15.9. The van der Waals surface area contributed by atoms with Crippen molar-refractivity contribution in [2.45, 2.75) is 97.8 Å². The maximum atomic E-state index is 2.55. The Kier molecular flexibility index (Phi) is 14.1. The van der Waals surface area contributed by atoms with E-state index in [0.29, 0.717) is 0 Å². The van der Waals surface area contributed by atoms with Crippen LogP contribution in [0.1, 0.15) is 103 Å². The summed E-state index contributed by atoms with van der Waals surface area (Å²) in [7, 11) is 0. The lowest BCUT2D eigenvalue weighted by Crippen LogP contribution is -2.45. The molecule has 0 heterocycles. The Morgan fingerprint density at radius 1 is 0.593 bits per heavy atom. The van der Waals surface area contributed by atoms with Crippen molar-refractivity contribution in [1.82, 2.24) is 0 Å². The fourth-order valence-electron chi connectivity index (χ4n) is 3.93. The van der Waals surface area contributed by atoms with E-state index in [1.807, 2.05) is 0 Å². The van der Waals surface area contributed by atoms with Crippen molar-refractivity contribution >= 4 is 6.08 Å². The van der Waals surface area contributed by atoms with Crippen LogP contribution in [-0.4, -0.2) is 24.1 Å². The highest BCUT2D eigenvalue weighted by Crippen LogP contribution is 2.20. The van der Waals surface area contributed by atoms with Gasteiger partial charge in [0.25, 0.3) is 0 Å². The fraction of sp³-hybridized carbons (Fsp3) is 0.692. The minimum atomic E-state index is 1.20. The summed E-state index contributed by atoms with van der Waals surface area (Å²) < 4.78 is 1.20. The largest absolute Gasteiger partial charge is 0.297 e. The van der Waals surface area contributed by atoms with Crippen LogP contribution in [0.3, 0.4) is 0 Å². The zero-order chi connectivity index (χ0) is 19.6. The molecule has 154 valence electrons. The molecule has 0 fully saturated rings. The molecule has 0 unspecified atom stereocenters. The van der Waals surface area contributed by atoms with Crippen molar-refractivity contribution in [3.63, 3.8) is 0 Å². The Hall–Kier alpha value is -1.08. The predicted octanol–water partition coefficient (Wildman–Crippen LogP) is 8.22. The van der Waals surface area contributed by atoms with Crippen LogP contribution in [0.4, 0.5) is 0 Å². The van der Waals surface area contributed by atoms with Crippen molar-refractivity contribution < 1.29 is 4.48 Å². The number of benzene rings is 1. The molecule has 1 rings (SSSR count). The van der Waals surface area contributed by atoms with Gasteiger partial charge in [0.05, 0.1) is 25.8 Å². The van der Waals surface area contributed by atoms with E-state index in [2.05, 4.69) is 63.4 Å². The van der Waals surface area contributed by atoms with E-state index in [4.69, 9.17) is 0 Å². The summed E-state index contributed by atoms with van der Waals surface area (Å²) in [6.07, 6.45) is 21.3. The van der Waals surface area contributed by atoms with Crippen LogP contribution in [0.2, 0.25) is 0 Å². The Morgan fingerprint density at radius 3 is 1.44 bits per heavy atom. The number of hydrogen-bond acceptors (Lipinski definition) is 0. The van der Waals surface area contributed by atoms with Gasteiger partial charge in [-0.25, -0.2) is 0 Å². The third kappa shape index (κ3) is 11.4. The zero-order valence-corrected chi connectivity index (χ0v) is 18.6. The zero-order valence-electron chi connectivity index (χ0n) is 18.6. The molecule has 27 heavy (non-hydrogen) atoms. The van der Waals surface area contributed by atoms with E-state index in [9.17, 15) is 0 Å². The SMILES string of the molecule is CCCCCC[N+](C=Cc1ccccc1)(CCCCCC)CCCCCC. The highest BCUT2D eigenvalue weighted by molar-refractivity contribution is 5.47. The van der Waals surface area contributed by atoms with Gasteiger partial charge < -0.3 is 0 Å². The van der Waals surface area contributed by atoms with Crippen molar-refractivity contribution in [3.8, 4) is 0 Å². The van der Waals surface area contributed by atoms with Gasteiger partial charge in [0, 0.05) is 0 Å². The second-order valence-corrected chi connectivity index (χ2v) is 8.30. The third-order valence-electron chi connectivity index (χ3n) is 5.75. The first-order chi connectivity index (χ1) is 13.3. The number of hydrogen-bond donors (Lipinski definition) is 0. The van der Waals surface area contributed by atoms with Crippen LogP contribution >= 0.6 is 0 Å². The van der Waals surface area contributed by atoms with Gasteiger partial charge in [-0.15, -0.1) is 0 Å². The summed E-state index contributed by atoms with van der Waals surface area (Å²) in [5.74, 6) is 0. The van der Waals surface area contributed by atoms with E-state index in [0.717, 1.165) is 0 Å². The van der Waals surface area contributed by atoms with Crippen LogP contribution in [-0.2, 0) is 0 Å². The normalized spacial score (nSPS) is 12.1. The summed E-state index contributed by atoms with van der Waals surface area (Å²) in [5, 5.41) is 0. The molecule has 1 heteroatoms. The molecule has 0 spiro atoms. The first-order valence-corrected chi connectivity index (χ1v) is 11.9. The van der Waals surface area contributed by atoms with Crippen LogP contribution in [0.5, 0.6) is 0 Å². The Morgan fingerprint density at radius 2 is 1.04 bits per heavy atom. The van der Waals surface area contributed by atoms with Gasteiger partial charge in [-0.3, -0.25) is 4.48 Å². The molecule has 1 aromatic carbocycles. The van der Waals surface area contributed by atoms with Crippen LogP contribution < -0.4 is 0 Å². The Labute approximate surface area is 170 Å². The number of quaternary nitrogens is 1. The summed E-state index contributed by atoms with van der Waals surface area (Å²) in [5.41, 5.74) is 1.34. The van der Waals surface area contributed by atoms with Crippen molar-refractivity contribution in [3.05, 3.63) is 42.1 Å². The van der Waals surface area contributed by atoms with Gasteiger partial charge in [-0.05, 0) is 50.2 Å². The highest BCUT2D eigenvalue weighted by Gasteiger charge is 2.23. The average Bonchev–Trinajstić information content (AvgIpc) is 2.71. The number of rotatable bonds is 17. The molecule has 0 aliphatic rings. The minimum Gasteiger partial charge on any atom is -0.297 e. The first kappa shape index (κ1) is 24.0. The molecular formula is C26H46N+. The molecule has 0 atom stereocenters. The van der Waals surface area contributed by atoms with E-state index in [-0.39, 0.29) is 0 Å². The summed E-state index contributed by atoms with van der Waals surface area (Å²) in [4.78, 5) is 0. The molecule has 0 amide bonds. The lowest BCUT2D eigenvalue weighted by molar-refractivity contribution is -0.879. The molecule has 0 aliphatic carbocycles. The van der Waals surface area contributed by atoms with Crippen LogP contribution in [0.25, 0.3) is 6.08 Å². The molecule has 0 aromatic heterocycles. The Balaban J connectivity index is 2.83. The molecule has 0 aliphatic heterocycles. The maximum absolute atomic E-state index is 2.55. The number of nitrogens with zero attached hydrogens (tertiary/aromatic N) is 1. The summed E-state index contributed by atoms with van der Waals surface area (Å²) in [6, 6.07) is 10.9. The molecular weight excluding hydrogens is 326 g/mol. The lowest BCUT2D eigenvalue weighted by atomic mass is 10.1. The fourth-order valence-corrected chi connectivity index (χ4v) is 3.93. The van der Waals surface area contributed by atoms with E-state index < -0.39 is 0 Å². The summed E-state index contributed by atoms with van der Waals surface area (Å²) in [6.45, 7) is 10.9. The molecule has 0 saturated heterocycles. The smallest absolute Gasteiger partial charge is 0.0964 e. The quantitative estimate of drug-likeness (QED) is 0.191. The van der Waals surface area contributed by atoms with Crippen molar-refractivity contribution in [2.75, 3.05) is 19.6 Å². The third-order valence-corrected chi connectivity index (χ3v) is 5.75. The molecule has 0 radical (unpaired) electrons. The first-order valence-electron chi connectivity index (χ1n) is 11.9. The van der Waals surface area contributed by atoms with E-state index >= 15 is 0 Å². The summed E-state index contributed by atoms with van der Waals surface area (Å²) >= 11 is 0. The molecule has 1 nitrogen and oxygen atoms in total. The lowest BCUT2D eigenvalue weighted by Gasteiger charge is -2.36. The molecule has 1 aromatic rings. The van der Waals surface area contributed by atoms with Crippen molar-refractivity contribution in [1.29, 1.82) is 0 Å². The van der Waals surface area contributed by atoms with E-state index in [1.54, 1.807) is 0 Å². The van der Waals surface area contributed by atoms with Crippen molar-refractivity contribution in [2.24, 2.45) is 0 Å². The van der Waals surface area contributed by atoms with Gasteiger partial charge in [0.15, 0.2) is 0 Å². The average molecular weight is 373 g/mol. The topological polar surface area (TPSA) is 0 Å². The van der Waals surface area contributed by atoms with Gasteiger partial charge in [-0.2, -0.15) is 0 Å². The molecule has 0 N–H and O–H groups in total. The van der Waals surface area contributed by atoms with Gasteiger partial charge in [0.1, 0.15) is 0 Å². The Bertz CT molecular complexity index is 431. The van der Waals surface area contributed by atoms with Gasteiger partial charge in [0.2, 0.25) is 0 Å². The van der Waals surface area contributed by atoms with Gasteiger partial charge in [-0.1, -0.05) is 89.6 Å². The van der Waals surface area contributed by atoms with Crippen LogP contribution in [0.15, 0.2) is 36.5 Å². The maximum Gasteiger partial charge on any atom is 0.0964 e. The second-order valence-electron chi connectivity index (χ2n) is 8.30. The monoisotopic (exact) mass is 372 g/mol. The molecule has 0 bridgehead atoms. The standard InChI is InChI=1S/C26H46N/c1-4-7-10-16-22-27(23-17-11-8-5-2,24-18-12-9-6-3)25-21-26-19-14-13-15-20-26/h13-15,19-21,25H,4-12,16-18,22-24H2,1-3H3/q+1. The van der Waals surface area contributed by atoms with Gasteiger partial charge >= 0.3 is 0 Å². The highest BCUT2D eigenvalue weighted by atomic mass is 15.3. The van der Waals surface area contributed by atoms with E-state index in [1.165, 1.54) is 107 Å². The molecule has 0 saturated carbocycles.